The summed E-state index contributed by atoms with van der Waals surface area (Å²) in [7, 11) is 1.69. The summed E-state index contributed by atoms with van der Waals surface area (Å²) in [6.45, 7) is 7.55. The van der Waals surface area contributed by atoms with Gasteiger partial charge >= 0.3 is 0 Å². The van der Waals surface area contributed by atoms with Crippen molar-refractivity contribution in [3.63, 3.8) is 0 Å². The molecule has 0 aromatic rings. The molecule has 2 rings (SSSR count). The molecule has 2 aliphatic rings. The molecule has 1 spiro atoms. The van der Waals surface area contributed by atoms with E-state index in [9.17, 15) is 8.42 Å². The molecule has 0 unspecified atom stereocenters. The van der Waals surface area contributed by atoms with Crippen molar-refractivity contribution < 1.29 is 13.2 Å². The van der Waals surface area contributed by atoms with Gasteiger partial charge in [0.15, 0.2) is 0 Å². The molecular weight excluding hydrogens is 302 g/mol. The third-order valence-corrected chi connectivity index (χ3v) is 7.19. The molecule has 6 nitrogen and oxygen atoms in total. The minimum absolute atomic E-state index is 0.256. The summed E-state index contributed by atoms with van der Waals surface area (Å²) in [4.78, 5) is 2.53. The number of methoxy groups -OCH3 is 1. The number of ether oxygens (including phenoxy) is 1. The maximum Gasteiger partial charge on any atom is 0.281 e. The zero-order valence-electron chi connectivity index (χ0n) is 14.6. The van der Waals surface area contributed by atoms with Gasteiger partial charge in [-0.2, -0.15) is 17.0 Å². The second-order valence-electron chi connectivity index (χ2n) is 7.27. The van der Waals surface area contributed by atoms with Crippen LogP contribution in [0.25, 0.3) is 0 Å². The third kappa shape index (κ3) is 3.48. The summed E-state index contributed by atoms with van der Waals surface area (Å²) < 4.78 is 32.8. The molecule has 130 valence electrons. The van der Waals surface area contributed by atoms with Crippen LogP contribution in [-0.4, -0.2) is 81.5 Å². The Morgan fingerprint density at radius 1 is 1.27 bits per heavy atom. The number of hydrogen-bond acceptors (Lipinski definition) is 4. The number of hydrogen-bond donors (Lipinski definition) is 0. The second kappa shape index (κ2) is 6.73. The lowest BCUT2D eigenvalue weighted by Crippen LogP contribution is -2.48. The summed E-state index contributed by atoms with van der Waals surface area (Å²) in [5, 5.41) is 0. The molecule has 0 radical (unpaired) electrons. The fraction of sp³-hybridized carbons (Fsp3) is 1.00. The van der Waals surface area contributed by atoms with Gasteiger partial charge in [0.1, 0.15) is 0 Å². The quantitative estimate of drug-likeness (QED) is 0.753. The summed E-state index contributed by atoms with van der Waals surface area (Å²) in [6.07, 6.45) is 3.02. The first-order chi connectivity index (χ1) is 10.2. The highest BCUT2D eigenvalue weighted by molar-refractivity contribution is 7.86. The molecule has 0 aromatic heterocycles. The van der Waals surface area contributed by atoms with Crippen molar-refractivity contribution in [1.29, 1.82) is 0 Å². The van der Waals surface area contributed by atoms with Crippen LogP contribution >= 0.6 is 0 Å². The van der Waals surface area contributed by atoms with Crippen molar-refractivity contribution >= 4 is 10.2 Å². The van der Waals surface area contributed by atoms with Crippen LogP contribution in [-0.2, 0) is 14.9 Å². The highest BCUT2D eigenvalue weighted by Crippen LogP contribution is 2.44. The van der Waals surface area contributed by atoms with Gasteiger partial charge < -0.3 is 4.74 Å². The Hall–Kier alpha value is -0.210. The largest absolute Gasteiger partial charge is 0.383 e. The Kier molecular flexibility index (Phi) is 5.54. The number of nitrogens with zero attached hydrogens (tertiary/aromatic N) is 3. The fourth-order valence-electron chi connectivity index (χ4n) is 3.93. The third-order valence-electron chi connectivity index (χ3n) is 5.25. The van der Waals surface area contributed by atoms with Crippen LogP contribution in [0, 0.1) is 5.41 Å². The lowest BCUT2D eigenvalue weighted by molar-refractivity contribution is 0.0968. The first-order valence-electron chi connectivity index (χ1n) is 8.14. The highest BCUT2D eigenvalue weighted by Gasteiger charge is 2.47. The average Bonchev–Trinajstić information content (AvgIpc) is 2.78. The molecule has 2 fully saturated rings. The molecule has 7 heteroatoms. The number of piperidine rings is 1. The zero-order chi connectivity index (χ0) is 16.5. The van der Waals surface area contributed by atoms with Crippen LogP contribution in [0.15, 0.2) is 0 Å². The first-order valence-corrected chi connectivity index (χ1v) is 9.54. The molecule has 2 heterocycles. The van der Waals surface area contributed by atoms with E-state index in [-0.39, 0.29) is 5.41 Å². The van der Waals surface area contributed by atoms with E-state index in [0.717, 1.165) is 32.4 Å². The molecular formula is C15H31N3O3S. The van der Waals surface area contributed by atoms with Crippen molar-refractivity contribution in [3.8, 4) is 0 Å². The normalized spacial score (nSPS) is 27.3. The molecule has 0 aromatic carbocycles. The van der Waals surface area contributed by atoms with E-state index in [0.29, 0.717) is 25.2 Å². The van der Waals surface area contributed by atoms with Gasteiger partial charge in [-0.25, -0.2) is 0 Å². The predicted octanol–water partition coefficient (Wildman–Crippen LogP) is 1.00. The minimum Gasteiger partial charge on any atom is -0.383 e. The predicted molar refractivity (Wildman–Crippen MR) is 88.0 cm³/mol. The Morgan fingerprint density at radius 2 is 1.86 bits per heavy atom. The van der Waals surface area contributed by atoms with E-state index in [1.165, 1.54) is 4.31 Å². The maximum atomic E-state index is 12.2. The molecule has 22 heavy (non-hydrogen) atoms. The average molecular weight is 333 g/mol. The van der Waals surface area contributed by atoms with E-state index < -0.39 is 10.2 Å². The molecule has 2 saturated heterocycles. The Labute approximate surface area is 135 Å². The first kappa shape index (κ1) is 18.1. The molecule has 0 saturated carbocycles. The summed E-state index contributed by atoms with van der Waals surface area (Å²) in [6, 6.07) is 0.963. The SMILES string of the molecule is COC[C@@H]1CC2(CCN(S(=O)(=O)N(C)C)CC2)CN1C(C)C. The lowest BCUT2D eigenvalue weighted by Gasteiger charge is -2.39. The second-order valence-corrected chi connectivity index (χ2v) is 9.41. The van der Waals surface area contributed by atoms with E-state index in [1.54, 1.807) is 25.5 Å². The van der Waals surface area contributed by atoms with E-state index >= 15 is 0 Å². The molecule has 2 aliphatic heterocycles. The van der Waals surface area contributed by atoms with Gasteiger partial charge in [-0.05, 0) is 38.5 Å². The van der Waals surface area contributed by atoms with Crippen LogP contribution in [0.3, 0.4) is 0 Å². The van der Waals surface area contributed by atoms with Gasteiger partial charge in [0.25, 0.3) is 10.2 Å². The Balaban J connectivity index is 2.04. The Bertz CT molecular complexity index is 470. The molecule has 0 aliphatic carbocycles. The van der Waals surface area contributed by atoms with Crippen LogP contribution in [0.1, 0.15) is 33.1 Å². The van der Waals surface area contributed by atoms with Crippen molar-refractivity contribution in [2.24, 2.45) is 5.41 Å². The van der Waals surface area contributed by atoms with Gasteiger partial charge in [0.2, 0.25) is 0 Å². The maximum absolute atomic E-state index is 12.2. The van der Waals surface area contributed by atoms with Crippen molar-refractivity contribution in [3.05, 3.63) is 0 Å². The topological polar surface area (TPSA) is 53.1 Å². The number of rotatable bonds is 5. The Morgan fingerprint density at radius 3 is 2.32 bits per heavy atom. The van der Waals surface area contributed by atoms with Crippen LogP contribution in [0.4, 0.5) is 0 Å². The lowest BCUT2D eigenvalue weighted by atomic mass is 9.77. The zero-order valence-corrected chi connectivity index (χ0v) is 15.4. The van der Waals surface area contributed by atoms with Crippen molar-refractivity contribution in [1.82, 2.24) is 13.5 Å². The fourth-order valence-corrected chi connectivity index (χ4v) is 5.04. The van der Waals surface area contributed by atoms with Gasteiger partial charge in [0.05, 0.1) is 6.61 Å². The van der Waals surface area contributed by atoms with Gasteiger partial charge in [0, 0.05) is 52.9 Å². The van der Waals surface area contributed by atoms with Crippen LogP contribution in [0.5, 0.6) is 0 Å². The minimum atomic E-state index is -3.27. The monoisotopic (exact) mass is 333 g/mol. The van der Waals surface area contributed by atoms with E-state index in [2.05, 4.69) is 18.7 Å². The van der Waals surface area contributed by atoms with Gasteiger partial charge in [-0.1, -0.05) is 0 Å². The molecule has 0 N–H and O–H groups in total. The van der Waals surface area contributed by atoms with Crippen molar-refractivity contribution in [2.45, 2.75) is 45.2 Å². The molecule has 0 bridgehead atoms. The van der Waals surface area contributed by atoms with Crippen LogP contribution in [0.2, 0.25) is 0 Å². The van der Waals surface area contributed by atoms with Gasteiger partial charge in [-0.3, -0.25) is 4.90 Å². The van der Waals surface area contributed by atoms with E-state index in [1.807, 2.05) is 0 Å². The van der Waals surface area contributed by atoms with E-state index in [4.69, 9.17) is 4.74 Å². The van der Waals surface area contributed by atoms with Crippen LogP contribution < -0.4 is 0 Å². The number of likely N-dealkylation sites (tertiary alicyclic amines) is 1. The summed E-state index contributed by atoms with van der Waals surface area (Å²) in [5.74, 6) is 0. The summed E-state index contributed by atoms with van der Waals surface area (Å²) in [5.41, 5.74) is 0.256. The smallest absolute Gasteiger partial charge is 0.281 e. The van der Waals surface area contributed by atoms with Gasteiger partial charge in [-0.15, -0.1) is 0 Å². The molecule has 0 amide bonds. The highest BCUT2D eigenvalue weighted by atomic mass is 32.2. The van der Waals surface area contributed by atoms with Crippen molar-refractivity contribution in [2.75, 3.05) is 47.4 Å². The standard InChI is InChI=1S/C15H31N3O3S/c1-13(2)18-12-15(10-14(18)11-21-5)6-8-17(9-7-15)22(19,20)16(3)4/h13-14H,6-12H2,1-5H3/t14-/m0/s1. The molecule has 1 atom stereocenters. The summed E-state index contributed by atoms with van der Waals surface area (Å²) >= 11 is 0.